The predicted molar refractivity (Wildman–Crippen MR) is 83.9 cm³/mol. The highest BCUT2D eigenvalue weighted by molar-refractivity contribution is 6.30. The zero-order valence-electron chi connectivity index (χ0n) is 12.2. The molecule has 5 rings (SSSR count). The van der Waals surface area contributed by atoms with Gasteiger partial charge in [0.2, 0.25) is 0 Å². The second-order valence-corrected chi connectivity index (χ2v) is 8.34. The van der Waals surface area contributed by atoms with Crippen molar-refractivity contribution in [2.45, 2.75) is 56.9 Å². The van der Waals surface area contributed by atoms with Crippen LogP contribution in [0.25, 0.3) is 0 Å². The molecular formula is C18H24ClN. The lowest BCUT2D eigenvalue weighted by molar-refractivity contribution is -0.0821. The molecule has 2 heteroatoms. The molecule has 0 spiro atoms. The fraction of sp³-hybridized carbons (Fsp3) is 0.667. The van der Waals surface area contributed by atoms with E-state index in [1.54, 1.807) is 0 Å². The van der Waals surface area contributed by atoms with Gasteiger partial charge in [-0.1, -0.05) is 23.7 Å². The molecule has 1 aromatic rings. The van der Waals surface area contributed by atoms with E-state index in [1.807, 2.05) is 0 Å². The molecule has 4 saturated carbocycles. The van der Waals surface area contributed by atoms with Crippen LogP contribution in [0.4, 0.5) is 0 Å². The lowest BCUT2D eigenvalue weighted by atomic mass is 9.41. The lowest BCUT2D eigenvalue weighted by Crippen LogP contribution is -2.59. The molecule has 0 radical (unpaired) electrons. The number of hydrogen-bond donors (Lipinski definition) is 1. The molecule has 4 aliphatic carbocycles. The molecule has 1 nitrogen and oxygen atoms in total. The first-order valence-corrected chi connectivity index (χ1v) is 8.41. The van der Waals surface area contributed by atoms with Gasteiger partial charge in [-0.3, -0.25) is 0 Å². The van der Waals surface area contributed by atoms with Crippen molar-refractivity contribution in [2.75, 3.05) is 0 Å². The van der Waals surface area contributed by atoms with Crippen LogP contribution in [0.3, 0.4) is 0 Å². The van der Waals surface area contributed by atoms with Crippen LogP contribution in [-0.2, 0) is 5.41 Å². The maximum Gasteiger partial charge on any atom is 0.0406 e. The third kappa shape index (κ3) is 1.79. The molecule has 0 amide bonds. The van der Waals surface area contributed by atoms with Crippen LogP contribution in [0.1, 0.15) is 51.0 Å². The van der Waals surface area contributed by atoms with E-state index in [2.05, 4.69) is 31.2 Å². The van der Waals surface area contributed by atoms with Crippen LogP contribution in [0.15, 0.2) is 24.3 Å². The van der Waals surface area contributed by atoms with Crippen molar-refractivity contribution in [3.63, 3.8) is 0 Å². The molecule has 0 heterocycles. The third-order valence-corrected chi connectivity index (χ3v) is 6.78. The highest BCUT2D eigenvalue weighted by Gasteiger charge is 2.59. The van der Waals surface area contributed by atoms with E-state index in [-0.39, 0.29) is 0 Å². The first-order valence-electron chi connectivity index (χ1n) is 8.03. The highest BCUT2D eigenvalue weighted by atomic mass is 35.5. The Hall–Kier alpha value is -0.530. The number of nitrogens with two attached hydrogens (primary N) is 1. The molecular weight excluding hydrogens is 266 g/mol. The zero-order valence-corrected chi connectivity index (χ0v) is 13.0. The van der Waals surface area contributed by atoms with Gasteiger partial charge in [0.1, 0.15) is 0 Å². The standard InChI is InChI=1S/C18H24ClN/c1-12(20)17-7-13-6-14(8-17)10-18(9-13,11-17)15-2-4-16(19)5-3-15/h2-5,12-14H,6-11,20H2,1H3/t12-,13+,14+,17?,18?/m1/s1. The predicted octanol–water partition coefficient (Wildman–Crippen LogP) is 4.53. The largest absolute Gasteiger partial charge is 0.327 e. The van der Waals surface area contributed by atoms with E-state index < -0.39 is 0 Å². The quantitative estimate of drug-likeness (QED) is 0.851. The fourth-order valence-corrected chi connectivity index (χ4v) is 6.13. The van der Waals surface area contributed by atoms with E-state index in [4.69, 9.17) is 17.3 Å². The van der Waals surface area contributed by atoms with E-state index in [1.165, 1.54) is 44.1 Å². The maximum absolute atomic E-state index is 6.43. The van der Waals surface area contributed by atoms with Crippen molar-refractivity contribution >= 4 is 11.6 Å². The Balaban J connectivity index is 1.77. The number of benzene rings is 1. The summed E-state index contributed by atoms with van der Waals surface area (Å²) in [5.41, 5.74) is 8.74. The molecule has 0 saturated heterocycles. The summed E-state index contributed by atoms with van der Waals surface area (Å²) in [6, 6.07) is 9.00. The summed E-state index contributed by atoms with van der Waals surface area (Å²) in [5, 5.41) is 0.848. The van der Waals surface area contributed by atoms with Crippen molar-refractivity contribution in [1.82, 2.24) is 0 Å². The summed E-state index contributed by atoms with van der Waals surface area (Å²) in [6.45, 7) is 2.24. The minimum absolute atomic E-state index is 0.333. The molecule has 3 atom stereocenters. The van der Waals surface area contributed by atoms with Crippen molar-refractivity contribution < 1.29 is 0 Å². The van der Waals surface area contributed by atoms with E-state index in [0.29, 0.717) is 16.9 Å². The van der Waals surface area contributed by atoms with Crippen LogP contribution in [0, 0.1) is 17.3 Å². The molecule has 2 N–H and O–H groups in total. The molecule has 1 aromatic carbocycles. The summed E-state index contributed by atoms with van der Waals surface area (Å²) < 4.78 is 0. The molecule has 4 bridgehead atoms. The summed E-state index contributed by atoms with van der Waals surface area (Å²) in [5.74, 6) is 1.80. The van der Waals surface area contributed by atoms with Crippen LogP contribution >= 0.6 is 11.6 Å². The van der Waals surface area contributed by atoms with Gasteiger partial charge in [-0.2, -0.15) is 0 Å². The van der Waals surface area contributed by atoms with Gasteiger partial charge in [0.05, 0.1) is 0 Å². The van der Waals surface area contributed by atoms with Crippen molar-refractivity contribution in [3.8, 4) is 0 Å². The van der Waals surface area contributed by atoms with E-state index >= 15 is 0 Å². The van der Waals surface area contributed by atoms with E-state index in [0.717, 1.165) is 16.9 Å². The number of rotatable bonds is 2. The highest BCUT2D eigenvalue weighted by Crippen LogP contribution is 2.66. The van der Waals surface area contributed by atoms with Gasteiger partial charge in [-0.15, -0.1) is 0 Å². The molecule has 4 aliphatic rings. The van der Waals surface area contributed by atoms with Gasteiger partial charge < -0.3 is 5.73 Å². The average molecular weight is 290 g/mol. The molecule has 20 heavy (non-hydrogen) atoms. The maximum atomic E-state index is 6.43. The Morgan fingerprint density at radius 2 is 1.70 bits per heavy atom. The van der Waals surface area contributed by atoms with Crippen LogP contribution < -0.4 is 5.73 Å². The normalized spacial score (nSPS) is 43.8. The average Bonchev–Trinajstić information content (AvgIpc) is 2.37. The van der Waals surface area contributed by atoms with Gasteiger partial charge in [0.15, 0.2) is 0 Å². The second-order valence-electron chi connectivity index (χ2n) is 7.90. The van der Waals surface area contributed by atoms with Crippen molar-refractivity contribution in [2.24, 2.45) is 23.0 Å². The topological polar surface area (TPSA) is 26.0 Å². The second kappa shape index (κ2) is 4.24. The Kier molecular flexibility index (Phi) is 2.79. The van der Waals surface area contributed by atoms with Gasteiger partial charge in [-0.05, 0) is 85.8 Å². The van der Waals surface area contributed by atoms with Crippen molar-refractivity contribution in [3.05, 3.63) is 34.9 Å². The van der Waals surface area contributed by atoms with Crippen LogP contribution in [0.2, 0.25) is 5.02 Å². The number of hydrogen-bond acceptors (Lipinski definition) is 1. The van der Waals surface area contributed by atoms with Gasteiger partial charge in [0, 0.05) is 11.1 Å². The Labute approximate surface area is 126 Å². The molecule has 108 valence electrons. The minimum Gasteiger partial charge on any atom is -0.327 e. The summed E-state index contributed by atoms with van der Waals surface area (Å²) in [6.07, 6.45) is 8.24. The summed E-state index contributed by atoms with van der Waals surface area (Å²) >= 11 is 6.08. The molecule has 0 aromatic heterocycles. The molecule has 0 unspecified atom stereocenters. The van der Waals surface area contributed by atoms with Crippen molar-refractivity contribution in [1.29, 1.82) is 0 Å². The third-order valence-electron chi connectivity index (χ3n) is 6.53. The smallest absolute Gasteiger partial charge is 0.0406 e. The monoisotopic (exact) mass is 289 g/mol. The number of halogens is 1. The molecule has 0 aliphatic heterocycles. The fourth-order valence-electron chi connectivity index (χ4n) is 6.01. The first kappa shape index (κ1) is 13.2. The van der Waals surface area contributed by atoms with E-state index in [9.17, 15) is 0 Å². The first-order chi connectivity index (χ1) is 9.51. The van der Waals surface area contributed by atoms with Crippen LogP contribution in [-0.4, -0.2) is 6.04 Å². The lowest BCUT2D eigenvalue weighted by Gasteiger charge is -2.63. The summed E-state index contributed by atoms with van der Waals surface area (Å²) in [4.78, 5) is 0. The Morgan fingerprint density at radius 1 is 1.10 bits per heavy atom. The van der Waals surface area contributed by atoms with Gasteiger partial charge in [0.25, 0.3) is 0 Å². The van der Waals surface area contributed by atoms with Gasteiger partial charge in [-0.25, -0.2) is 0 Å². The minimum atomic E-state index is 0.333. The molecule has 4 fully saturated rings. The van der Waals surface area contributed by atoms with Gasteiger partial charge >= 0.3 is 0 Å². The Morgan fingerprint density at radius 3 is 2.25 bits per heavy atom. The van der Waals surface area contributed by atoms with Crippen LogP contribution in [0.5, 0.6) is 0 Å². The zero-order chi connectivity index (χ0) is 14.0. The SMILES string of the molecule is C[C@@H](N)C12C[C@@H]3C[C@H](CC(c4ccc(Cl)cc4)(C3)C1)C2. The summed E-state index contributed by atoms with van der Waals surface area (Å²) in [7, 11) is 0. The Bertz CT molecular complexity index is 505.